The monoisotopic (exact) mass is 229 g/mol. The molecule has 0 spiro atoms. The zero-order chi connectivity index (χ0) is 12.3. The molecule has 1 heterocycles. The molecule has 0 saturated carbocycles. The van der Waals surface area contributed by atoms with Crippen molar-refractivity contribution in [1.82, 2.24) is 4.98 Å². The van der Waals surface area contributed by atoms with E-state index < -0.39 is 0 Å². The molecule has 3 heteroatoms. The van der Waals surface area contributed by atoms with E-state index in [0.29, 0.717) is 6.42 Å². The number of carbonyl (C=O) groups is 1. The third kappa shape index (κ3) is 2.13. The van der Waals surface area contributed by atoms with Crippen molar-refractivity contribution in [3.63, 3.8) is 0 Å². The summed E-state index contributed by atoms with van der Waals surface area (Å²) in [5, 5.41) is 1.06. The molecule has 3 nitrogen and oxygen atoms in total. The summed E-state index contributed by atoms with van der Waals surface area (Å²) in [5.41, 5.74) is 1.99. The SMILES string of the molecule is COc1ccc(C(C)CC=O)c2cccnc12. The number of aromatic nitrogens is 1. The van der Waals surface area contributed by atoms with Crippen LogP contribution in [0.3, 0.4) is 0 Å². The van der Waals surface area contributed by atoms with E-state index in [4.69, 9.17) is 4.74 Å². The summed E-state index contributed by atoms with van der Waals surface area (Å²) in [6.07, 6.45) is 3.23. The van der Waals surface area contributed by atoms with Gasteiger partial charge < -0.3 is 9.53 Å². The van der Waals surface area contributed by atoms with Crippen LogP contribution in [-0.4, -0.2) is 18.4 Å². The van der Waals surface area contributed by atoms with Crippen molar-refractivity contribution in [3.05, 3.63) is 36.0 Å². The molecule has 17 heavy (non-hydrogen) atoms. The summed E-state index contributed by atoms with van der Waals surface area (Å²) >= 11 is 0. The predicted octanol–water partition coefficient (Wildman–Crippen LogP) is 2.94. The van der Waals surface area contributed by atoms with Gasteiger partial charge in [0.25, 0.3) is 0 Å². The third-order valence-electron chi connectivity index (χ3n) is 2.97. The minimum atomic E-state index is 0.199. The lowest BCUT2D eigenvalue weighted by molar-refractivity contribution is -0.108. The molecule has 0 bridgehead atoms. The number of methoxy groups -OCH3 is 1. The summed E-state index contributed by atoms with van der Waals surface area (Å²) in [7, 11) is 1.64. The van der Waals surface area contributed by atoms with Gasteiger partial charge in [-0.3, -0.25) is 4.98 Å². The number of benzene rings is 1. The topological polar surface area (TPSA) is 39.2 Å². The van der Waals surface area contributed by atoms with Crippen LogP contribution in [0.1, 0.15) is 24.8 Å². The molecule has 1 aromatic heterocycles. The average Bonchev–Trinajstić information content (AvgIpc) is 2.37. The number of ether oxygens (including phenoxy) is 1. The summed E-state index contributed by atoms with van der Waals surface area (Å²) < 4.78 is 5.29. The van der Waals surface area contributed by atoms with Gasteiger partial charge in [-0.15, -0.1) is 0 Å². The number of hydrogen-bond donors (Lipinski definition) is 0. The van der Waals surface area contributed by atoms with Gasteiger partial charge in [-0.25, -0.2) is 0 Å². The molecule has 0 N–H and O–H groups in total. The number of nitrogens with zero attached hydrogens (tertiary/aromatic N) is 1. The lowest BCUT2D eigenvalue weighted by Gasteiger charge is -2.13. The van der Waals surface area contributed by atoms with Crippen molar-refractivity contribution in [2.45, 2.75) is 19.3 Å². The number of pyridine rings is 1. The Morgan fingerprint density at radius 2 is 2.24 bits per heavy atom. The van der Waals surface area contributed by atoms with Crippen LogP contribution in [0.15, 0.2) is 30.5 Å². The van der Waals surface area contributed by atoms with Gasteiger partial charge in [0.05, 0.1) is 7.11 Å². The molecule has 0 aliphatic rings. The zero-order valence-electron chi connectivity index (χ0n) is 10.0. The molecule has 1 atom stereocenters. The molecule has 0 fully saturated rings. The van der Waals surface area contributed by atoms with Gasteiger partial charge >= 0.3 is 0 Å². The van der Waals surface area contributed by atoms with Crippen LogP contribution in [0.4, 0.5) is 0 Å². The van der Waals surface area contributed by atoms with Gasteiger partial charge in [0.2, 0.25) is 0 Å². The first-order valence-corrected chi connectivity index (χ1v) is 5.63. The van der Waals surface area contributed by atoms with E-state index in [2.05, 4.69) is 4.98 Å². The highest BCUT2D eigenvalue weighted by Crippen LogP contribution is 2.31. The normalized spacial score (nSPS) is 12.4. The van der Waals surface area contributed by atoms with E-state index in [-0.39, 0.29) is 5.92 Å². The average molecular weight is 229 g/mol. The first-order chi connectivity index (χ1) is 8.27. The Bertz CT molecular complexity index is 537. The second-order valence-corrected chi connectivity index (χ2v) is 4.06. The Kier molecular flexibility index (Phi) is 3.38. The number of aldehydes is 1. The maximum Gasteiger partial charge on any atom is 0.145 e. The van der Waals surface area contributed by atoms with E-state index in [1.807, 2.05) is 31.2 Å². The molecule has 0 radical (unpaired) electrons. The Morgan fingerprint density at radius 3 is 2.94 bits per heavy atom. The third-order valence-corrected chi connectivity index (χ3v) is 2.97. The maximum absolute atomic E-state index is 10.6. The van der Waals surface area contributed by atoms with E-state index in [0.717, 1.165) is 28.5 Å². The van der Waals surface area contributed by atoms with Crippen molar-refractivity contribution in [1.29, 1.82) is 0 Å². The van der Waals surface area contributed by atoms with Crippen LogP contribution >= 0.6 is 0 Å². The fraction of sp³-hybridized carbons (Fsp3) is 0.286. The minimum absolute atomic E-state index is 0.199. The van der Waals surface area contributed by atoms with E-state index >= 15 is 0 Å². The predicted molar refractivity (Wildman–Crippen MR) is 67.4 cm³/mol. The molecule has 0 amide bonds. The van der Waals surface area contributed by atoms with Gasteiger partial charge in [0, 0.05) is 18.0 Å². The molecule has 1 aromatic carbocycles. The Morgan fingerprint density at radius 1 is 1.41 bits per heavy atom. The van der Waals surface area contributed by atoms with Crippen LogP contribution < -0.4 is 4.74 Å². The van der Waals surface area contributed by atoms with Gasteiger partial charge in [0.1, 0.15) is 17.6 Å². The highest BCUT2D eigenvalue weighted by Gasteiger charge is 2.12. The Balaban J connectivity index is 2.62. The van der Waals surface area contributed by atoms with Crippen LogP contribution in [0.5, 0.6) is 5.75 Å². The fourth-order valence-corrected chi connectivity index (χ4v) is 2.03. The molecular weight excluding hydrogens is 214 g/mol. The Hall–Kier alpha value is -1.90. The second-order valence-electron chi connectivity index (χ2n) is 4.06. The van der Waals surface area contributed by atoms with E-state index in [1.165, 1.54) is 0 Å². The lowest BCUT2D eigenvalue weighted by Crippen LogP contribution is -1.97. The Labute approximate surface area is 100 Å². The summed E-state index contributed by atoms with van der Waals surface area (Å²) in [5.74, 6) is 0.966. The fourth-order valence-electron chi connectivity index (χ4n) is 2.03. The first kappa shape index (κ1) is 11.6. The molecule has 2 rings (SSSR count). The number of hydrogen-bond acceptors (Lipinski definition) is 3. The highest BCUT2D eigenvalue weighted by atomic mass is 16.5. The van der Waals surface area contributed by atoms with E-state index in [1.54, 1.807) is 13.3 Å². The zero-order valence-corrected chi connectivity index (χ0v) is 10.0. The molecule has 1 unspecified atom stereocenters. The number of carbonyl (C=O) groups excluding carboxylic acids is 1. The van der Waals surface area contributed by atoms with Crippen molar-refractivity contribution >= 4 is 17.2 Å². The highest BCUT2D eigenvalue weighted by molar-refractivity contribution is 5.88. The second kappa shape index (κ2) is 4.95. The minimum Gasteiger partial charge on any atom is -0.494 e. The molecule has 88 valence electrons. The van der Waals surface area contributed by atoms with Gasteiger partial charge in [-0.05, 0) is 23.6 Å². The van der Waals surface area contributed by atoms with Gasteiger partial charge in [0.15, 0.2) is 0 Å². The first-order valence-electron chi connectivity index (χ1n) is 5.63. The largest absolute Gasteiger partial charge is 0.494 e. The van der Waals surface area contributed by atoms with Crippen LogP contribution in [0, 0.1) is 0 Å². The van der Waals surface area contributed by atoms with Crippen molar-refractivity contribution in [2.24, 2.45) is 0 Å². The van der Waals surface area contributed by atoms with Crippen molar-refractivity contribution < 1.29 is 9.53 Å². The van der Waals surface area contributed by atoms with Gasteiger partial charge in [-0.1, -0.05) is 19.1 Å². The molecule has 0 saturated heterocycles. The maximum atomic E-state index is 10.6. The number of rotatable bonds is 4. The van der Waals surface area contributed by atoms with E-state index in [9.17, 15) is 4.79 Å². The van der Waals surface area contributed by atoms with Crippen molar-refractivity contribution in [3.8, 4) is 5.75 Å². The summed E-state index contributed by atoms with van der Waals surface area (Å²) in [6.45, 7) is 2.04. The quantitative estimate of drug-likeness (QED) is 0.757. The van der Waals surface area contributed by atoms with Crippen LogP contribution in [0.25, 0.3) is 10.9 Å². The summed E-state index contributed by atoms with van der Waals surface area (Å²) in [6, 6.07) is 7.84. The van der Waals surface area contributed by atoms with Crippen molar-refractivity contribution in [2.75, 3.05) is 7.11 Å². The van der Waals surface area contributed by atoms with Crippen LogP contribution in [0.2, 0.25) is 0 Å². The standard InChI is InChI=1S/C14H15NO2/c1-10(7-9-16)11-5-6-13(17-2)14-12(11)4-3-8-15-14/h3-6,8-10H,7H2,1-2H3. The van der Waals surface area contributed by atoms with Crippen LogP contribution in [-0.2, 0) is 4.79 Å². The molecule has 0 aliphatic carbocycles. The smallest absolute Gasteiger partial charge is 0.145 e. The molecular formula is C14H15NO2. The molecule has 0 aliphatic heterocycles. The summed E-state index contributed by atoms with van der Waals surface area (Å²) in [4.78, 5) is 14.9. The lowest BCUT2D eigenvalue weighted by atomic mass is 9.94. The number of fused-ring (bicyclic) bond motifs is 1. The molecule has 2 aromatic rings. The van der Waals surface area contributed by atoms with Gasteiger partial charge in [-0.2, -0.15) is 0 Å².